The molecule has 0 spiro atoms. The van der Waals surface area contributed by atoms with Crippen molar-refractivity contribution in [3.8, 4) is 22.7 Å². The number of methoxy groups -OCH3 is 1. The van der Waals surface area contributed by atoms with Gasteiger partial charge in [-0.1, -0.05) is 12.1 Å². The average Bonchev–Trinajstić information content (AvgIpc) is 3.21. The lowest BCUT2D eigenvalue weighted by molar-refractivity contribution is -0.149. The zero-order valence-electron chi connectivity index (χ0n) is 19.7. The smallest absolute Gasteiger partial charge is 0.309 e. The maximum Gasteiger partial charge on any atom is 0.309 e. The number of benzene rings is 2. The Balaban J connectivity index is 1.69. The molecule has 6 nitrogen and oxygen atoms in total. The van der Waals surface area contributed by atoms with Gasteiger partial charge in [0.15, 0.2) is 0 Å². The molecule has 178 valence electrons. The molecule has 1 amide bonds. The van der Waals surface area contributed by atoms with Gasteiger partial charge in [-0.15, -0.1) is 0 Å². The van der Waals surface area contributed by atoms with E-state index in [0.717, 1.165) is 22.6 Å². The van der Waals surface area contributed by atoms with E-state index in [-0.39, 0.29) is 23.6 Å². The number of aromatic nitrogens is 1. The van der Waals surface area contributed by atoms with Gasteiger partial charge in [-0.3, -0.25) is 9.59 Å². The van der Waals surface area contributed by atoms with Gasteiger partial charge < -0.3 is 18.9 Å². The van der Waals surface area contributed by atoms with Crippen molar-refractivity contribution in [2.75, 3.05) is 26.8 Å². The van der Waals surface area contributed by atoms with Gasteiger partial charge >= 0.3 is 5.97 Å². The van der Waals surface area contributed by atoms with Crippen molar-refractivity contribution in [2.45, 2.75) is 26.7 Å². The second kappa shape index (κ2) is 10.1. The van der Waals surface area contributed by atoms with Crippen molar-refractivity contribution in [3.05, 3.63) is 71.7 Å². The lowest BCUT2D eigenvalue weighted by Crippen LogP contribution is -2.40. The second-order valence-electron chi connectivity index (χ2n) is 8.39. The van der Waals surface area contributed by atoms with Crippen LogP contribution in [0.1, 0.15) is 35.8 Å². The van der Waals surface area contributed by atoms with Crippen LogP contribution in [0, 0.1) is 18.7 Å². The first-order valence-electron chi connectivity index (χ1n) is 11.5. The first-order chi connectivity index (χ1) is 16.4. The minimum Gasteiger partial charge on any atom is -0.497 e. The molecular weight excluding hydrogens is 435 g/mol. The van der Waals surface area contributed by atoms with Crippen molar-refractivity contribution in [2.24, 2.45) is 5.92 Å². The predicted octanol–water partition coefficient (Wildman–Crippen LogP) is 5.02. The van der Waals surface area contributed by atoms with Gasteiger partial charge in [0, 0.05) is 30.0 Å². The summed E-state index contributed by atoms with van der Waals surface area (Å²) in [6, 6.07) is 15.7. The highest BCUT2D eigenvalue weighted by atomic mass is 19.1. The quantitative estimate of drug-likeness (QED) is 0.481. The molecule has 1 saturated heterocycles. The fourth-order valence-corrected chi connectivity index (χ4v) is 4.49. The summed E-state index contributed by atoms with van der Waals surface area (Å²) in [5, 5.41) is 0. The molecule has 3 aromatic rings. The van der Waals surface area contributed by atoms with Crippen LogP contribution in [0.5, 0.6) is 5.75 Å². The molecule has 1 fully saturated rings. The lowest BCUT2D eigenvalue weighted by Gasteiger charge is -2.31. The number of piperidine rings is 1. The number of esters is 1. The number of carbonyl (C=O) groups excluding carboxylic acids is 2. The fraction of sp³-hybridized carbons (Fsp3) is 0.333. The number of hydrogen-bond donors (Lipinski definition) is 0. The summed E-state index contributed by atoms with van der Waals surface area (Å²) >= 11 is 0. The first kappa shape index (κ1) is 23.5. The zero-order chi connectivity index (χ0) is 24.2. The number of rotatable bonds is 6. The lowest BCUT2D eigenvalue weighted by atomic mass is 9.96. The van der Waals surface area contributed by atoms with Crippen LogP contribution in [0.25, 0.3) is 16.9 Å². The normalized spacial score (nSPS) is 14.2. The van der Waals surface area contributed by atoms with Gasteiger partial charge in [0.05, 0.1) is 30.9 Å². The molecule has 1 aliphatic rings. The number of carbonyl (C=O) groups is 2. The van der Waals surface area contributed by atoms with Crippen molar-refractivity contribution in [1.29, 1.82) is 0 Å². The van der Waals surface area contributed by atoms with E-state index in [0.29, 0.717) is 43.9 Å². The average molecular weight is 465 g/mol. The van der Waals surface area contributed by atoms with Crippen molar-refractivity contribution in [1.82, 2.24) is 9.47 Å². The van der Waals surface area contributed by atoms with Crippen molar-refractivity contribution >= 4 is 11.9 Å². The van der Waals surface area contributed by atoms with Crippen LogP contribution in [0.2, 0.25) is 0 Å². The Bertz CT molecular complexity index is 1180. The Hall–Kier alpha value is -3.61. The Morgan fingerprint density at radius 3 is 2.41 bits per heavy atom. The largest absolute Gasteiger partial charge is 0.497 e. The molecule has 34 heavy (non-hydrogen) atoms. The van der Waals surface area contributed by atoms with E-state index in [4.69, 9.17) is 9.47 Å². The highest BCUT2D eigenvalue weighted by Gasteiger charge is 2.30. The summed E-state index contributed by atoms with van der Waals surface area (Å²) in [5.74, 6) is -0.0483. The molecule has 0 unspecified atom stereocenters. The Kier molecular flexibility index (Phi) is 7.01. The van der Waals surface area contributed by atoms with Crippen LogP contribution in [-0.4, -0.2) is 48.1 Å². The molecule has 1 aliphatic heterocycles. The minimum absolute atomic E-state index is 0.0789. The summed E-state index contributed by atoms with van der Waals surface area (Å²) < 4.78 is 26.1. The number of ether oxygens (including phenoxy) is 2. The number of amides is 1. The third kappa shape index (κ3) is 4.69. The van der Waals surface area contributed by atoms with Gasteiger partial charge in [0.2, 0.25) is 0 Å². The summed E-state index contributed by atoms with van der Waals surface area (Å²) in [6.45, 7) is 5.05. The molecule has 0 radical (unpaired) electrons. The monoisotopic (exact) mass is 464 g/mol. The summed E-state index contributed by atoms with van der Waals surface area (Å²) in [6.07, 6.45) is 1.18. The molecule has 2 heterocycles. The van der Waals surface area contributed by atoms with Gasteiger partial charge in [0.1, 0.15) is 11.6 Å². The van der Waals surface area contributed by atoms with Crippen molar-refractivity contribution in [3.63, 3.8) is 0 Å². The van der Waals surface area contributed by atoms with E-state index < -0.39 is 0 Å². The number of halogens is 1. The molecule has 0 aliphatic carbocycles. The summed E-state index contributed by atoms with van der Waals surface area (Å²) in [7, 11) is 1.61. The highest BCUT2D eigenvalue weighted by molar-refractivity contribution is 5.97. The van der Waals surface area contributed by atoms with Gasteiger partial charge in [0.25, 0.3) is 5.91 Å². The van der Waals surface area contributed by atoms with E-state index in [1.54, 1.807) is 31.1 Å². The van der Waals surface area contributed by atoms with E-state index >= 15 is 0 Å². The molecule has 0 atom stereocenters. The molecule has 0 saturated carbocycles. The summed E-state index contributed by atoms with van der Waals surface area (Å²) in [4.78, 5) is 27.4. The van der Waals surface area contributed by atoms with Crippen LogP contribution in [0.4, 0.5) is 4.39 Å². The maximum atomic E-state index is 13.6. The Morgan fingerprint density at radius 1 is 1.06 bits per heavy atom. The van der Waals surface area contributed by atoms with E-state index in [1.165, 1.54) is 12.1 Å². The van der Waals surface area contributed by atoms with Gasteiger partial charge in [-0.25, -0.2) is 4.39 Å². The number of likely N-dealkylation sites (tertiary alicyclic amines) is 1. The van der Waals surface area contributed by atoms with Crippen LogP contribution < -0.4 is 4.74 Å². The van der Waals surface area contributed by atoms with Crippen LogP contribution in [0.15, 0.2) is 54.6 Å². The Morgan fingerprint density at radius 2 is 1.76 bits per heavy atom. The summed E-state index contributed by atoms with van der Waals surface area (Å²) in [5.41, 5.74) is 3.80. The third-order valence-electron chi connectivity index (χ3n) is 6.33. The zero-order valence-corrected chi connectivity index (χ0v) is 19.7. The standard InChI is InChI=1S/C27H29FN2O4/c1-4-34-27(32)19-12-14-29(15-13-19)26(31)24-17-25(20-6-5-7-23(16-20)33-3)30(18(24)2)22-10-8-21(28)9-11-22/h5-11,16-17,19H,4,12-15H2,1-3H3. The van der Waals surface area contributed by atoms with Gasteiger partial charge in [-0.2, -0.15) is 0 Å². The van der Waals surface area contributed by atoms with Gasteiger partial charge in [-0.05, 0) is 69.2 Å². The molecule has 4 rings (SSSR count). The Labute approximate surface area is 198 Å². The van der Waals surface area contributed by atoms with E-state index in [2.05, 4.69) is 0 Å². The SMILES string of the molecule is CCOC(=O)C1CCN(C(=O)c2cc(-c3cccc(OC)c3)n(-c3ccc(F)cc3)c2C)CC1. The second-order valence-corrected chi connectivity index (χ2v) is 8.39. The molecule has 2 aromatic carbocycles. The molecular formula is C27H29FN2O4. The van der Waals surface area contributed by atoms with Crippen LogP contribution in [-0.2, 0) is 9.53 Å². The van der Waals surface area contributed by atoms with Crippen molar-refractivity contribution < 1.29 is 23.5 Å². The topological polar surface area (TPSA) is 60.8 Å². The van der Waals surface area contributed by atoms with Crippen LogP contribution >= 0.6 is 0 Å². The molecule has 1 aromatic heterocycles. The maximum absolute atomic E-state index is 13.6. The highest BCUT2D eigenvalue weighted by Crippen LogP contribution is 2.33. The minimum atomic E-state index is -0.322. The first-order valence-corrected chi connectivity index (χ1v) is 11.5. The molecule has 0 N–H and O–H groups in total. The molecule has 7 heteroatoms. The fourth-order valence-electron chi connectivity index (χ4n) is 4.49. The number of hydrogen-bond acceptors (Lipinski definition) is 4. The predicted molar refractivity (Wildman–Crippen MR) is 128 cm³/mol. The molecule has 0 bridgehead atoms. The van der Waals surface area contributed by atoms with Crippen LogP contribution in [0.3, 0.4) is 0 Å². The van der Waals surface area contributed by atoms with E-state index in [1.807, 2.05) is 41.8 Å². The number of nitrogens with zero attached hydrogens (tertiary/aromatic N) is 2. The van der Waals surface area contributed by atoms with E-state index in [9.17, 15) is 14.0 Å². The third-order valence-corrected chi connectivity index (χ3v) is 6.33.